The number of fused-ring (bicyclic) bond motifs is 6. The lowest BCUT2D eigenvalue weighted by molar-refractivity contribution is 0.661. The molecule has 0 radical (unpaired) electrons. The van der Waals surface area contributed by atoms with Crippen LogP contribution in [0, 0.1) is 0 Å². The summed E-state index contributed by atoms with van der Waals surface area (Å²) < 4.78 is 2.54. The first-order valence-corrected chi connectivity index (χ1v) is 20.6. The molecule has 59 heavy (non-hydrogen) atoms. The van der Waals surface area contributed by atoms with Gasteiger partial charge in [0.2, 0.25) is 0 Å². The first-order valence-electron chi connectivity index (χ1n) is 20.6. The quantitative estimate of drug-likeness (QED) is 0.164. The molecule has 2 heteroatoms. The zero-order valence-electron chi connectivity index (χ0n) is 33.0. The second-order valence-corrected chi connectivity index (χ2v) is 16.5. The summed E-state index contributed by atoms with van der Waals surface area (Å²) in [5.74, 6) is 0. The average molecular weight is 753 g/mol. The van der Waals surface area contributed by atoms with Crippen LogP contribution in [0.15, 0.2) is 206 Å². The average Bonchev–Trinajstić information content (AvgIpc) is 3.70. The normalized spacial score (nSPS) is 13.1. The molecule has 9 aromatic carbocycles. The highest BCUT2D eigenvalue weighted by molar-refractivity contribution is 6.19. The third-order valence-corrected chi connectivity index (χ3v) is 12.9. The molecule has 2 aliphatic rings. The molecule has 0 amide bonds. The fourth-order valence-electron chi connectivity index (χ4n) is 10.1. The molecule has 278 valence electrons. The van der Waals surface area contributed by atoms with Crippen LogP contribution in [0.4, 0.5) is 17.1 Å². The van der Waals surface area contributed by atoms with Crippen LogP contribution in [0.3, 0.4) is 0 Å². The van der Waals surface area contributed by atoms with Gasteiger partial charge in [0.25, 0.3) is 0 Å². The second kappa shape index (κ2) is 12.8. The Morgan fingerprint density at radius 3 is 1.80 bits per heavy atom. The summed E-state index contributed by atoms with van der Waals surface area (Å²) >= 11 is 0. The number of hydrogen-bond donors (Lipinski definition) is 0. The van der Waals surface area contributed by atoms with Crippen molar-refractivity contribution in [3.8, 4) is 61.3 Å². The SMILES string of the molecule is CC1(C)c2cc(-c3cccc(-c4cccc(N(c5ccccc5)c5ccc(-c6ccccc6)cc5)c4)c3)cc3c2-c2c1ccc1c4ccccc4n(c21)-c1ccccc1-3. The lowest BCUT2D eigenvalue weighted by atomic mass is 9.80. The van der Waals surface area contributed by atoms with Crippen LogP contribution >= 0.6 is 0 Å². The standard InChI is InChI=1S/C57H40N2/c1-57(2)50-32-31-48-46-23-9-11-25-52(46)59-53-26-12-10-24-47(53)49-35-42(36-51(57)54(49)55(50)56(48)59)40-18-13-17-39(33-40)41-19-14-22-45(34-41)58(43-20-7-4-8-21-43)44-29-27-38(28-30-44)37-15-5-3-6-16-37/h3-36H,1-2H3. The van der Waals surface area contributed by atoms with Crippen LogP contribution < -0.4 is 4.90 Å². The highest BCUT2D eigenvalue weighted by atomic mass is 15.1. The Balaban J connectivity index is 0.991. The molecule has 10 aromatic rings. The molecule has 0 saturated heterocycles. The van der Waals surface area contributed by atoms with E-state index >= 15 is 0 Å². The van der Waals surface area contributed by atoms with Gasteiger partial charge in [-0.25, -0.2) is 0 Å². The maximum Gasteiger partial charge on any atom is 0.0623 e. The summed E-state index contributed by atoms with van der Waals surface area (Å²) in [6.07, 6.45) is 0. The Kier molecular flexibility index (Phi) is 7.31. The van der Waals surface area contributed by atoms with Crippen molar-refractivity contribution in [3.63, 3.8) is 0 Å². The van der Waals surface area contributed by atoms with E-state index in [0.717, 1.165) is 17.1 Å². The molecule has 0 fully saturated rings. The largest absolute Gasteiger partial charge is 0.310 e. The Bertz CT molecular complexity index is 3280. The molecule has 2 heterocycles. The van der Waals surface area contributed by atoms with E-state index in [-0.39, 0.29) is 5.41 Å². The van der Waals surface area contributed by atoms with Crippen LogP contribution in [0.5, 0.6) is 0 Å². The third-order valence-electron chi connectivity index (χ3n) is 12.9. The topological polar surface area (TPSA) is 8.17 Å². The van der Waals surface area contributed by atoms with E-state index in [4.69, 9.17) is 0 Å². The minimum Gasteiger partial charge on any atom is -0.310 e. The van der Waals surface area contributed by atoms with Crippen molar-refractivity contribution in [2.75, 3.05) is 4.90 Å². The second-order valence-electron chi connectivity index (χ2n) is 16.5. The molecule has 1 aromatic heterocycles. The summed E-state index contributed by atoms with van der Waals surface area (Å²) in [4.78, 5) is 2.35. The van der Waals surface area contributed by atoms with E-state index in [2.05, 4.69) is 230 Å². The van der Waals surface area contributed by atoms with E-state index in [0.29, 0.717) is 0 Å². The maximum atomic E-state index is 2.54. The van der Waals surface area contributed by atoms with Gasteiger partial charge in [0.15, 0.2) is 0 Å². The summed E-state index contributed by atoms with van der Waals surface area (Å²) in [5.41, 5.74) is 22.4. The summed E-state index contributed by atoms with van der Waals surface area (Å²) in [7, 11) is 0. The molecule has 0 N–H and O–H groups in total. The van der Waals surface area contributed by atoms with E-state index in [9.17, 15) is 0 Å². The van der Waals surface area contributed by atoms with E-state index < -0.39 is 0 Å². The highest BCUT2D eigenvalue weighted by Crippen LogP contribution is 2.59. The Hall–Kier alpha value is -7.42. The predicted octanol–water partition coefficient (Wildman–Crippen LogP) is 15.5. The summed E-state index contributed by atoms with van der Waals surface area (Å²) in [6, 6.07) is 75.8. The molecular formula is C57H40N2. The molecule has 1 aliphatic carbocycles. The van der Waals surface area contributed by atoms with Crippen molar-refractivity contribution < 1.29 is 0 Å². The predicted molar refractivity (Wildman–Crippen MR) is 248 cm³/mol. The van der Waals surface area contributed by atoms with E-state index in [1.807, 2.05) is 0 Å². The summed E-state index contributed by atoms with van der Waals surface area (Å²) in [5, 5.41) is 2.62. The van der Waals surface area contributed by atoms with E-state index in [1.54, 1.807) is 0 Å². The van der Waals surface area contributed by atoms with Gasteiger partial charge in [0.1, 0.15) is 0 Å². The van der Waals surface area contributed by atoms with Crippen molar-refractivity contribution in [2.45, 2.75) is 19.3 Å². The monoisotopic (exact) mass is 752 g/mol. The number of nitrogens with zero attached hydrogens (tertiary/aromatic N) is 2. The number of hydrogen-bond acceptors (Lipinski definition) is 1. The summed E-state index contributed by atoms with van der Waals surface area (Å²) in [6.45, 7) is 4.82. The first-order chi connectivity index (χ1) is 29.0. The molecule has 2 nitrogen and oxygen atoms in total. The van der Waals surface area contributed by atoms with Gasteiger partial charge in [-0.05, 0) is 122 Å². The van der Waals surface area contributed by atoms with Crippen LogP contribution in [-0.4, -0.2) is 4.57 Å². The number of para-hydroxylation sites is 3. The smallest absolute Gasteiger partial charge is 0.0623 e. The molecule has 0 saturated carbocycles. The lowest BCUT2D eigenvalue weighted by Gasteiger charge is -2.26. The van der Waals surface area contributed by atoms with Gasteiger partial charge < -0.3 is 9.47 Å². The number of benzene rings is 9. The van der Waals surface area contributed by atoms with Crippen molar-refractivity contribution in [1.82, 2.24) is 4.57 Å². The van der Waals surface area contributed by atoms with Gasteiger partial charge in [-0.2, -0.15) is 0 Å². The van der Waals surface area contributed by atoms with Gasteiger partial charge in [-0.1, -0.05) is 153 Å². The van der Waals surface area contributed by atoms with Crippen LogP contribution in [0.25, 0.3) is 83.1 Å². The first kappa shape index (κ1) is 33.7. The van der Waals surface area contributed by atoms with Crippen LogP contribution in [0.1, 0.15) is 25.0 Å². The molecule has 0 spiro atoms. The zero-order chi connectivity index (χ0) is 39.2. The molecule has 12 rings (SSSR count). The number of aromatic nitrogens is 1. The lowest BCUT2D eigenvalue weighted by Crippen LogP contribution is -2.15. The van der Waals surface area contributed by atoms with Crippen molar-refractivity contribution >= 4 is 38.9 Å². The zero-order valence-corrected chi connectivity index (χ0v) is 33.0. The van der Waals surface area contributed by atoms with E-state index in [1.165, 1.54) is 94.3 Å². The molecular weight excluding hydrogens is 713 g/mol. The van der Waals surface area contributed by atoms with Crippen molar-refractivity contribution in [2.24, 2.45) is 0 Å². The molecule has 0 unspecified atom stereocenters. The Morgan fingerprint density at radius 2 is 0.983 bits per heavy atom. The van der Waals surface area contributed by atoms with Crippen molar-refractivity contribution in [3.05, 3.63) is 217 Å². The van der Waals surface area contributed by atoms with Gasteiger partial charge in [-0.15, -0.1) is 0 Å². The third kappa shape index (κ3) is 5.06. The molecule has 0 bridgehead atoms. The number of rotatable bonds is 6. The van der Waals surface area contributed by atoms with Crippen molar-refractivity contribution in [1.29, 1.82) is 0 Å². The van der Waals surface area contributed by atoms with Crippen LogP contribution in [0.2, 0.25) is 0 Å². The van der Waals surface area contributed by atoms with Gasteiger partial charge in [0.05, 0.1) is 16.7 Å². The van der Waals surface area contributed by atoms with Gasteiger partial charge in [-0.3, -0.25) is 0 Å². The minimum absolute atomic E-state index is 0.163. The molecule has 0 atom stereocenters. The highest BCUT2D eigenvalue weighted by Gasteiger charge is 2.41. The fraction of sp³-hybridized carbons (Fsp3) is 0.0526. The number of anilines is 3. The van der Waals surface area contributed by atoms with Gasteiger partial charge in [0, 0.05) is 44.4 Å². The fourth-order valence-corrected chi connectivity index (χ4v) is 10.1. The Morgan fingerprint density at radius 1 is 0.373 bits per heavy atom. The maximum absolute atomic E-state index is 2.54. The molecule has 1 aliphatic heterocycles. The minimum atomic E-state index is -0.163. The Labute approximate surface area is 344 Å². The van der Waals surface area contributed by atoms with Crippen LogP contribution in [-0.2, 0) is 5.41 Å². The van der Waals surface area contributed by atoms with Gasteiger partial charge >= 0.3 is 0 Å².